The molecule has 1 fully saturated rings. The Bertz CT molecular complexity index is 411. The molecule has 92 valence electrons. The lowest BCUT2D eigenvalue weighted by Crippen LogP contribution is -2.28. The number of halogens is 2. The summed E-state index contributed by atoms with van der Waals surface area (Å²) in [5, 5.41) is 1.01. The Kier molecular flexibility index (Phi) is 4.56. The minimum Gasteiger partial charge on any atom is -0.338 e. The quantitative estimate of drug-likeness (QED) is 0.775. The highest BCUT2D eigenvalue weighted by atomic mass is 79.9. The Morgan fingerprint density at radius 3 is 3.06 bits per heavy atom. The topological polar surface area (TPSA) is 33.2 Å². The van der Waals surface area contributed by atoms with E-state index in [1.807, 2.05) is 11.0 Å². The molecule has 17 heavy (non-hydrogen) atoms. The zero-order valence-corrected chi connectivity index (χ0v) is 12.6. The van der Waals surface area contributed by atoms with E-state index in [2.05, 4.69) is 36.8 Å². The largest absolute Gasteiger partial charge is 0.338 e. The second-order valence-electron chi connectivity index (χ2n) is 4.28. The molecule has 0 spiro atoms. The number of carbonyl (C=O) groups excluding carboxylic acids is 1. The van der Waals surface area contributed by atoms with Crippen LogP contribution in [0.3, 0.4) is 0 Å². The molecule has 3 nitrogen and oxygen atoms in total. The van der Waals surface area contributed by atoms with Crippen molar-refractivity contribution in [1.82, 2.24) is 9.88 Å². The lowest BCUT2D eigenvalue weighted by Gasteiger charge is -2.16. The van der Waals surface area contributed by atoms with E-state index in [4.69, 9.17) is 0 Å². The van der Waals surface area contributed by atoms with Gasteiger partial charge in [-0.2, -0.15) is 0 Å². The average Bonchev–Trinajstić information content (AvgIpc) is 2.77. The standard InChI is InChI=1S/C12H14Br2N2O/c13-3-1-9-2-4-16(8-9)12(17)10-5-11(14)7-15-6-10/h5-7,9H,1-4,8H2. The summed E-state index contributed by atoms with van der Waals surface area (Å²) >= 11 is 6.79. The molecular weight excluding hydrogens is 348 g/mol. The van der Waals surface area contributed by atoms with Gasteiger partial charge in [-0.1, -0.05) is 15.9 Å². The fourth-order valence-electron chi connectivity index (χ4n) is 2.12. The van der Waals surface area contributed by atoms with Crippen LogP contribution in [0.2, 0.25) is 0 Å². The molecule has 0 saturated carbocycles. The first-order valence-corrected chi connectivity index (χ1v) is 7.58. The van der Waals surface area contributed by atoms with E-state index in [1.165, 1.54) is 0 Å². The first-order valence-electron chi connectivity index (χ1n) is 5.66. The molecule has 5 heteroatoms. The summed E-state index contributed by atoms with van der Waals surface area (Å²) in [7, 11) is 0. The molecule has 0 aromatic carbocycles. The van der Waals surface area contributed by atoms with E-state index in [-0.39, 0.29) is 5.91 Å². The third-order valence-corrected chi connectivity index (χ3v) is 3.93. The maximum atomic E-state index is 12.2. The van der Waals surface area contributed by atoms with Crippen molar-refractivity contribution in [3.05, 3.63) is 28.5 Å². The normalized spacial score (nSPS) is 19.6. The van der Waals surface area contributed by atoms with Crippen LogP contribution in [0, 0.1) is 5.92 Å². The summed E-state index contributed by atoms with van der Waals surface area (Å²) in [5.41, 5.74) is 0.666. The molecule has 0 bridgehead atoms. The predicted molar refractivity (Wildman–Crippen MR) is 74.4 cm³/mol. The Morgan fingerprint density at radius 1 is 1.53 bits per heavy atom. The van der Waals surface area contributed by atoms with Gasteiger partial charge in [-0.25, -0.2) is 0 Å². The van der Waals surface area contributed by atoms with Gasteiger partial charge in [0, 0.05) is 35.3 Å². The zero-order valence-electron chi connectivity index (χ0n) is 9.40. The summed E-state index contributed by atoms with van der Waals surface area (Å²) in [6.07, 6.45) is 5.57. The van der Waals surface area contributed by atoms with Crippen LogP contribution in [0.5, 0.6) is 0 Å². The van der Waals surface area contributed by atoms with Crippen LogP contribution in [0.4, 0.5) is 0 Å². The van der Waals surface area contributed by atoms with E-state index in [0.717, 1.165) is 35.7 Å². The SMILES string of the molecule is O=C(c1cncc(Br)c1)N1CCC(CCBr)C1. The second-order valence-corrected chi connectivity index (χ2v) is 5.98. The smallest absolute Gasteiger partial charge is 0.255 e. The molecule has 2 rings (SSSR count). The van der Waals surface area contributed by atoms with Crippen LogP contribution in [-0.2, 0) is 0 Å². The van der Waals surface area contributed by atoms with Crippen LogP contribution in [0.15, 0.2) is 22.9 Å². The van der Waals surface area contributed by atoms with Gasteiger partial charge in [-0.15, -0.1) is 0 Å². The van der Waals surface area contributed by atoms with Gasteiger partial charge in [-0.05, 0) is 40.8 Å². The maximum absolute atomic E-state index is 12.2. The molecule has 0 N–H and O–H groups in total. The Hall–Kier alpha value is -0.420. The average molecular weight is 362 g/mol. The molecule has 1 atom stereocenters. The Morgan fingerprint density at radius 2 is 2.35 bits per heavy atom. The van der Waals surface area contributed by atoms with Crippen molar-refractivity contribution in [3.8, 4) is 0 Å². The monoisotopic (exact) mass is 360 g/mol. The summed E-state index contributed by atoms with van der Waals surface area (Å²) < 4.78 is 0.847. The highest BCUT2D eigenvalue weighted by molar-refractivity contribution is 9.10. The maximum Gasteiger partial charge on any atom is 0.255 e. The van der Waals surface area contributed by atoms with Gasteiger partial charge in [-0.3, -0.25) is 9.78 Å². The van der Waals surface area contributed by atoms with E-state index in [0.29, 0.717) is 11.5 Å². The molecule has 1 aromatic heterocycles. The summed E-state index contributed by atoms with van der Waals surface area (Å²) in [6, 6.07) is 1.83. The van der Waals surface area contributed by atoms with Gasteiger partial charge >= 0.3 is 0 Å². The van der Waals surface area contributed by atoms with Gasteiger partial charge in [0.15, 0.2) is 0 Å². The second kappa shape index (κ2) is 5.96. The molecule has 1 aliphatic heterocycles. The van der Waals surface area contributed by atoms with Crippen molar-refractivity contribution in [1.29, 1.82) is 0 Å². The van der Waals surface area contributed by atoms with E-state index in [1.54, 1.807) is 12.4 Å². The number of alkyl halides is 1. The highest BCUT2D eigenvalue weighted by Crippen LogP contribution is 2.22. The van der Waals surface area contributed by atoms with Gasteiger partial charge in [0.1, 0.15) is 0 Å². The van der Waals surface area contributed by atoms with Crippen LogP contribution < -0.4 is 0 Å². The van der Waals surface area contributed by atoms with Crippen molar-refractivity contribution in [2.45, 2.75) is 12.8 Å². The minimum atomic E-state index is 0.0934. The molecule has 1 aromatic rings. The number of nitrogens with zero attached hydrogens (tertiary/aromatic N) is 2. The van der Waals surface area contributed by atoms with Crippen molar-refractivity contribution >= 4 is 37.8 Å². The first-order chi connectivity index (χ1) is 8.20. The Balaban J connectivity index is 2.02. The molecule has 0 aliphatic carbocycles. The lowest BCUT2D eigenvalue weighted by molar-refractivity contribution is 0.0786. The lowest BCUT2D eigenvalue weighted by atomic mass is 10.1. The van der Waals surface area contributed by atoms with Gasteiger partial charge < -0.3 is 4.90 Å². The third-order valence-electron chi connectivity index (χ3n) is 3.04. The number of amides is 1. The number of hydrogen-bond acceptors (Lipinski definition) is 2. The minimum absolute atomic E-state index is 0.0934. The number of aromatic nitrogens is 1. The fraction of sp³-hybridized carbons (Fsp3) is 0.500. The van der Waals surface area contributed by atoms with Gasteiger partial charge in [0.05, 0.1) is 5.56 Å². The predicted octanol–water partition coefficient (Wildman–Crippen LogP) is 3.09. The van der Waals surface area contributed by atoms with Crippen molar-refractivity contribution in [2.24, 2.45) is 5.92 Å². The van der Waals surface area contributed by atoms with Crippen molar-refractivity contribution in [3.63, 3.8) is 0 Å². The number of rotatable bonds is 3. The summed E-state index contributed by atoms with van der Waals surface area (Å²) in [6.45, 7) is 1.74. The van der Waals surface area contributed by atoms with Crippen LogP contribution in [-0.4, -0.2) is 34.2 Å². The van der Waals surface area contributed by atoms with Crippen LogP contribution in [0.25, 0.3) is 0 Å². The zero-order chi connectivity index (χ0) is 12.3. The number of hydrogen-bond donors (Lipinski definition) is 0. The molecule has 1 aliphatic rings. The van der Waals surface area contributed by atoms with Crippen LogP contribution >= 0.6 is 31.9 Å². The molecule has 0 radical (unpaired) electrons. The summed E-state index contributed by atoms with van der Waals surface area (Å²) in [4.78, 5) is 18.2. The molecule has 2 heterocycles. The molecular formula is C12H14Br2N2O. The van der Waals surface area contributed by atoms with Gasteiger partial charge in [0.25, 0.3) is 5.91 Å². The van der Waals surface area contributed by atoms with Crippen molar-refractivity contribution < 1.29 is 4.79 Å². The summed E-state index contributed by atoms with van der Waals surface area (Å²) in [5.74, 6) is 0.731. The van der Waals surface area contributed by atoms with Crippen LogP contribution in [0.1, 0.15) is 23.2 Å². The van der Waals surface area contributed by atoms with E-state index < -0.39 is 0 Å². The highest BCUT2D eigenvalue weighted by Gasteiger charge is 2.26. The van der Waals surface area contributed by atoms with Gasteiger partial charge in [0.2, 0.25) is 0 Å². The molecule has 1 amide bonds. The number of carbonyl (C=O) groups is 1. The van der Waals surface area contributed by atoms with E-state index in [9.17, 15) is 4.79 Å². The fourth-order valence-corrected chi connectivity index (χ4v) is 3.13. The number of likely N-dealkylation sites (tertiary alicyclic amines) is 1. The third kappa shape index (κ3) is 3.28. The molecule has 1 unspecified atom stereocenters. The first kappa shape index (κ1) is 13.0. The Labute approximate surface area is 118 Å². The molecule has 1 saturated heterocycles. The number of pyridine rings is 1. The van der Waals surface area contributed by atoms with Crippen molar-refractivity contribution in [2.75, 3.05) is 18.4 Å². The van der Waals surface area contributed by atoms with E-state index >= 15 is 0 Å².